The molecule has 2 aromatic carbocycles. The van der Waals surface area contributed by atoms with E-state index < -0.39 is 34.8 Å². The fourth-order valence-electron chi connectivity index (χ4n) is 2.70. The molecule has 2 N–H and O–H groups in total. The lowest BCUT2D eigenvalue weighted by Crippen LogP contribution is -2.37. The van der Waals surface area contributed by atoms with Crippen LogP contribution in [0.5, 0.6) is 0 Å². The molecule has 0 saturated carbocycles. The summed E-state index contributed by atoms with van der Waals surface area (Å²) in [6.45, 7) is 1.28. The van der Waals surface area contributed by atoms with Crippen molar-refractivity contribution in [2.24, 2.45) is 0 Å². The van der Waals surface area contributed by atoms with Crippen molar-refractivity contribution < 1.29 is 13.6 Å². The first-order valence-corrected chi connectivity index (χ1v) is 7.83. The highest BCUT2D eigenvalue weighted by atomic mass is 19.2. The second kappa shape index (κ2) is 6.91. The summed E-state index contributed by atoms with van der Waals surface area (Å²) in [6.07, 6.45) is 0. The van der Waals surface area contributed by atoms with Crippen LogP contribution >= 0.6 is 0 Å². The summed E-state index contributed by atoms with van der Waals surface area (Å²) >= 11 is 0. The van der Waals surface area contributed by atoms with Crippen LogP contribution in [0.25, 0.3) is 10.9 Å². The van der Waals surface area contributed by atoms with Gasteiger partial charge in [0.15, 0.2) is 11.6 Å². The number of rotatable bonds is 4. The van der Waals surface area contributed by atoms with Gasteiger partial charge in [0, 0.05) is 0 Å². The third-order valence-electron chi connectivity index (χ3n) is 4.03. The molecule has 1 heterocycles. The molecule has 1 aromatic heterocycles. The lowest BCUT2D eigenvalue weighted by Gasteiger charge is -2.16. The number of aromatic amines is 1. The van der Waals surface area contributed by atoms with E-state index in [1.807, 2.05) is 0 Å². The van der Waals surface area contributed by atoms with E-state index >= 15 is 0 Å². The lowest BCUT2D eigenvalue weighted by atomic mass is 10.1. The predicted octanol–water partition coefficient (Wildman–Crippen LogP) is 1.85. The van der Waals surface area contributed by atoms with Gasteiger partial charge in [-0.3, -0.25) is 19.1 Å². The summed E-state index contributed by atoms with van der Waals surface area (Å²) in [4.78, 5) is 38.4. The minimum absolute atomic E-state index is 0.286. The maximum atomic E-state index is 13.3. The van der Waals surface area contributed by atoms with Gasteiger partial charge in [-0.1, -0.05) is 18.2 Å². The molecule has 0 aliphatic heterocycles. The Bertz CT molecular complexity index is 1100. The molecule has 134 valence electrons. The molecule has 0 aliphatic carbocycles. The number of hydrogen-bond donors (Lipinski definition) is 2. The Balaban J connectivity index is 1.84. The summed E-state index contributed by atoms with van der Waals surface area (Å²) in [7, 11) is 0. The van der Waals surface area contributed by atoms with E-state index in [0.29, 0.717) is 11.1 Å². The van der Waals surface area contributed by atoms with Crippen LogP contribution in [-0.4, -0.2) is 15.5 Å². The third-order valence-corrected chi connectivity index (χ3v) is 4.03. The molecule has 0 aliphatic rings. The summed E-state index contributed by atoms with van der Waals surface area (Å²) in [5.41, 5.74) is -0.519. The molecular formula is C18H15F2N3O3. The molecule has 0 radical (unpaired) electrons. The molecule has 0 spiro atoms. The van der Waals surface area contributed by atoms with Gasteiger partial charge in [-0.2, -0.15) is 0 Å². The first-order chi connectivity index (χ1) is 12.4. The zero-order valence-electron chi connectivity index (χ0n) is 13.8. The second-order valence-electron chi connectivity index (χ2n) is 5.83. The molecule has 0 fully saturated rings. The number of halogens is 2. The van der Waals surface area contributed by atoms with Gasteiger partial charge in [0.05, 0.1) is 16.9 Å². The number of nitrogens with zero attached hydrogens (tertiary/aromatic N) is 1. The first kappa shape index (κ1) is 17.5. The van der Waals surface area contributed by atoms with Gasteiger partial charge in [0.1, 0.15) is 6.54 Å². The second-order valence-corrected chi connectivity index (χ2v) is 5.83. The molecular weight excluding hydrogens is 344 g/mol. The Hall–Kier alpha value is -3.29. The van der Waals surface area contributed by atoms with Crippen LogP contribution in [-0.2, 0) is 11.3 Å². The normalized spacial score (nSPS) is 12.1. The van der Waals surface area contributed by atoms with Crippen molar-refractivity contribution in [1.29, 1.82) is 0 Å². The quantitative estimate of drug-likeness (QED) is 0.746. The van der Waals surface area contributed by atoms with Gasteiger partial charge in [0.2, 0.25) is 5.91 Å². The van der Waals surface area contributed by atoms with E-state index in [0.717, 1.165) is 16.7 Å². The molecule has 3 aromatic rings. The average Bonchev–Trinajstić information content (AvgIpc) is 2.61. The van der Waals surface area contributed by atoms with Gasteiger partial charge in [-0.15, -0.1) is 0 Å². The Labute approximate surface area is 146 Å². The number of amides is 1. The van der Waals surface area contributed by atoms with Crippen molar-refractivity contribution in [3.05, 3.63) is 80.5 Å². The highest BCUT2D eigenvalue weighted by Gasteiger charge is 2.15. The highest BCUT2D eigenvalue weighted by Crippen LogP contribution is 2.16. The number of H-pyrrole nitrogens is 1. The lowest BCUT2D eigenvalue weighted by molar-refractivity contribution is -0.122. The SMILES string of the molecule is C[C@@H](NC(=O)Cn1c(=O)[nH]c(=O)c2ccccc21)c1ccc(F)c(F)c1. The van der Waals surface area contributed by atoms with Crippen LogP contribution in [0.15, 0.2) is 52.1 Å². The molecule has 0 bridgehead atoms. The number of benzene rings is 2. The fraction of sp³-hybridized carbons (Fsp3) is 0.167. The van der Waals surface area contributed by atoms with Gasteiger partial charge in [0.25, 0.3) is 5.56 Å². The van der Waals surface area contributed by atoms with Crippen LogP contribution in [0.4, 0.5) is 8.78 Å². The number of nitrogens with one attached hydrogen (secondary N) is 2. The molecule has 3 rings (SSSR count). The monoisotopic (exact) mass is 359 g/mol. The van der Waals surface area contributed by atoms with Gasteiger partial charge >= 0.3 is 5.69 Å². The first-order valence-electron chi connectivity index (χ1n) is 7.83. The zero-order chi connectivity index (χ0) is 18.8. The minimum Gasteiger partial charge on any atom is -0.348 e. The van der Waals surface area contributed by atoms with E-state index in [1.54, 1.807) is 31.2 Å². The van der Waals surface area contributed by atoms with Crippen LogP contribution < -0.4 is 16.6 Å². The summed E-state index contributed by atoms with van der Waals surface area (Å²) in [5.74, 6) is -2.49. The van der Waals surface area contributed by atoms with Crippen molar-refractivity contribution in [2.75, 3.05) is 0 Å². The molecule has 6 nitrogen and oxygen atoms in total. The topological polar surface area (TPSA) is 84.0 Å². The van der Waals surface area contributed by atoms with Crippen molar-refractivity contribution >= 4 is 16.8 Å². The maximum Gasteiger partial charge on any atom is 0.329 e. The van der Waals surface area contributed by atoms with Crippen molar-refractivity contribution in [1.82, 2.24) is 14.9 Å². The Morgan fingerprint density at radius 3 is 2.62 bits per heavy atom. The largest absolute Gasteiger partial charge is 0.348 e. The van der Waals surface area contributed by atoms with E-state index in [4.69, 9.17) is 0 Å². The number of carbonyl (C=O) groups excluding carboxylic acids is 1. The molecule has 1 atom stereocenters. The summed E-state index contributed by atoms with van der Waals surface area (Å²) < 4.78 is 27.5. The number of para-hydroxylation sites is 1. The standard InChI is InChI=1S/C18H15F2N3O3/c1-10(11-6-7-13(19)14(20)8-11)21-16(24)9-23-15-5-3-2-4-12(15)17(25)22-18(23)26/h2-8,10H,9H2,1H3,(H,21,24)(H,22,25,26)/t10-/m1/s1. The smallest absolute Gasteiger partial charge is 0.329 e. The predicted molar refractivity (Wildman–Crippen MR) is 91.7 cm³/mol. The number of carbonyl (C=O) groups is 1. The molecule has 8 heteroatoms. The average molecular weight is 359 g/mol. The summed E-state index contributed by atoms with van der Waals surface area (Å²) in [5, 5.41) is 2.90. The molecule has 0 unspecified atom stereocenters. The maximum absolute atomic E-state index is 13.3. The van der Waals surface area contributed by atoms with E-state index in [-0.39, 0.29) is 11.9 Å². The van der Waals surface area contributed by atoms with Crippen LogP contribution in [0, 0.1) is 11.6 Å². The fourth-order valence-corrected chi connectivity index (χ4v) is 2.70. The Kier molecular flexibility index (Phi) is 4.66. The molecule has 1 amide bonds. The highest BCUT2D eigenvalue weighted by molar-refractivity contribution is 5.81. The van der Waals surface area contributed by atoms with Crippen molar-refractivity contribution in [3.8, 4) is 0 Å². The van der Waals surface area contributed by atoms with Crippen LogP contribution in [0.3, 0.4) is 0 Å². The number of hydrogen-bond acceptors (Lipinski definition) is 3. The Morgan fingerprint density at radius 2 is 1.88 bits per heavy atom. The number of fused-ring (bicyclic) bond motifs is 1. The van der Waals surface area contributed by atoms with Crippen molar-refractivity contribution in [3.63, 3.8) is 0 Å². The summed E-state index contributed by atoms with van der Waals surface area (Å²) in [6, 6.07) is 9.17. The Morgan fingerprint density at radius 1 is 1.15 bits per heavy atom. The van der Waals surface area contributed by atoms with E-state index in [2.05, 4.69) is 10.3 Å². The molecule has 26 heavy (non-hydrogen) atoms. The number of aromatic nitrogens is 2. The minimum atomic E-state index is -1.01. The van der Waals surface area contributed by atoms with Gasteiger partial charge < -0.3 is 5.32 Å². The van der Waals surface area contributed by atoms with E-state index in [1.165, 1.54) is 6.07 Å². The van der Waals surface area contributed by atoms with E-state index in [9.17, 15) is 23.2 Å². The third kappa shape index (κ3) is 3.39. The zero-order valence-corrected chi connectivity index (χ0v) is 13.8. The van der Waals surface area contributed by atoms with Gasteiger partial charge in [-0.25, -0.2) is 13.6 Å². The van der Waals surface area contributed by atoms with Crippen LogP contribution in [0.1, 0.15) is 18.5 Å². The molecule has 0 saturated heterocycles. The van der Waals surface area contributed by atoms with Crippen LogP contribution in [0.2, 0.25) is 0 Å². The van der Waals surface area contributed by atoms with Gasteiger partial charge in [-0.05, 0) is 36.8 Å². The van der Waals surface area contributed by atoms with Crippen molar-refractivity contribution in [2.45, 2.75) is 19.5 Å².